The highest BCUT2D eigenvalue weighted by Crippen LogP contribution is 2.24. The summed E-state index contributed by atoms with van der Waals surface area (Å²) < 4.78 is 6.13. The molecule has 7 heteroatoms. The predicted octanol–water partition coefficient (Wildman–Crippen LogP) is 2.38. The van der Waals surface area contributed by atoms with E-state index in [1.807, 2.05) is 43.3 Å². The van der Waals surface area contributed by atoms with E-state index in [2.05, 4.69) is 22.5 Å². The Kier molecular flexibility index (Phi) is 7.65. The first kappa shape index (κ1) is 22.1. The van der Waals surface area contributed by atoms with Crippen molar-refractivity contribution in [2.24, 2.45) is 0 Å². The number of nitrogens with zero attached hydrogens (tertiary/aromatic N) is 1. The maximum atomic E-state index is 11.8. The second-order valence-electron chi connectivity index (χ2n) is 7.76. The number of carbonyl (C=O) groups excluding carboxylic acids is 1. The number of rotatable bonds is 9. The SMILES string of the molecule is CCCC(=O)NC(Cc1ccc2cc(OC(C)N3CCNCC3)ccc2c1)C(=O)O. The van der Waals surface area contributed by atoms with E-state index in [1.54, 1.807) is 0 Å². The number of hydrogen-bond donors (Lipinski definition) is 3. The van der Waals surface area contributed by atoms with E-state index in [0.29, 0.717) is 12.8 Å². The third-order valence-corrected chi connectivity index (χ3v) is 5.40. The number of aliphatic carboxylic acids is 1. The lowest BCUT2D eigenvalue weighted by molar-refractivity contribution is -0.141. The Labute approximate surface area is 177 Å². The summed E-state index contributed by atoms with van der Waals surface area (Å²) in [6.07, 6.45) is 1.27. The molecule has 2 aromatic rings. The zero-order chi connectivity index (χ0) is 21.5. The summed E-state index contributed by atoms with van der Waals surface area (Å²) in [5.74, 6) is -0.437. The molecule has 0 aromatic heterocycles. The van der Waals surface area contributed by atoms with E-state index in [4.69, 9.17) is 4.74 Å². The van der Waals surface area contributed by atoms with Crippen LogP contribution in [0.3, 0.4) is 0 Å². The van der Waals surface area contributed by atoms with Crippen molar-refractivity contribution >= 4 is 22.6 Å². The van der Waals surface area contributed by atoms with Gasteiger partial charge in [0.25, 0.3) is 0 Å². The Morgan fingerprint density at radius 3 is 2.57 bits per heavy atom. The van der Waals surface area contributed by atoms with Gasteiger partial charge in [0.15, 0.2) is 0 Å². The molecule has 1 amide bonds. The van der Waals surface area contributed by atoms with Crippen molar-refractivity contribution in [3.05, 3.63) is 42.0 Å². The van der Waals surface area contributed by atoms with Gasteiger partial charge in [-0.15, -0.1) is 0 Å². The number of fused-ring (bicyclic) bond motifs is 1. The standard InChI is InChI=1S/C23H31N3O4/c1-3-4-22(27)25-21(23(28)29)14-17-5-6-19-15-20(8-7-18(19)13-17)30-16(2)26-11-9-24-10-12-26/h5-8,13,15-16,21,24H,3-4,9-12,14H2,1-2H3,(H,25,27)(H,28,29). The van der Waals surface area contributed by atoms with E-state index in [9.17, 15) is 14.7 Å². The van der Waals surface area contributed by atoms with Gasteiger partial charge in [-0.05, 0) is 41.8 Å². The molecule has 3 N–H and O–H groups in total. The fourth-order valence-corrected chi connectivity index (χ4v) is 3.72. The van der Waals surface area contributed by atoms with Gasteiger partial charge >= 0.3 is 5.97 Å². The number of nitrogens with one attached hydrogen (secondary N) is 2. The highest BCUT2D eigenvalue weighted by Gasteiger charge is 2.20. The second kappa shape index (κ2) is 10.4. The van der Waals surface area contributed by atoms with Crippen molar-refractivity contribution in [3.8, 4) is 5.75 Å². The van der Waals surface area contributed by atoms with Crippen LogP contribution in [0, 0.1) is 0 Å². The summed E-state index contributed by atoms with van der Waals surface area (Å²) in [7, 11) is 0. The average molecular weight is 414 g/mol. The second-order valence-corrected chi connectivity index (χ2v) is 7.76. The van der Waals surface area contributed by atoms with Crippen molar-refractivity contribution in [3.63, 3.8) is 0 Å². The van der Waals surface area contributed by atoms with Crippen LogP contribution in [0.15, 0.2) is 36.4 Å². The maximum absolute atomic E-state index is 11.8. The molecular weight excluding hydrogens is 382 g/mol. The number of piperazine rings is 1. The Morgan fingerprint density at radius 2 is 1.87 bits per heavy atom. The van der Waals surface area contributed by atoms with Gasteiger partial charge < -0.3 is 20.5 Å². The van der Waals surface area contributed by atoms with E-state index >= 15 is 0 Å². The average Bonchev–Trinajstić information content (AvgIpc) is 2.74. The van der Waals surface area contributed by atoms with Crippen LogP contribution < -0.4 is 15.4 Å². The molecule has 1 aliphatic heterocycles. The molecule has 1 aliphatic rings. The van der Waals surface area contributed by atoms with Crippen molar-refractivity contribution in [2.45, 2.75) is 45.4 Å². The topological polar surface area (TPSA) is 90.9 Å². The molecule has 0 aliphatic carbocycles. The highest BCUT2D eigenvalue weighted by atomic mass is 16.5. The van der Waals surface area contributed by atoms with E-state index < -0.39 is 12.0 Å². The minimum Gasteiger partial charge on any atom is -0.480 e. The third kappa shape index (κ3) is 5.93. The third-order valence-electron chi connectivity index (χ3n) is 5.40. The molecule has 3 rings (SSSR count). The summed E-state index contributed by atoms with van der Waals surface area (Å²) in [5.41, 5.74) is 0.870. The fraction of sp³-hybridized carbons (Fsp3) is 0.478. The highest BCUT2D eigenvalue weighted by molar-refractivity contribution is 5.86. The summed E-state index contributed by atoms with van der Waals surface area (Å²) >= 11 is 0. The summed E-state index contributed by atoms with van der Waals surface area (Å²) in [4.78, 5) is 25.7. The molecule has 0 bridgehead atoms. The van der Waals surface area contributed by atoms with Crippen molar-refractivity contribution in [1.82, 2.24) is 15.5 Å². The number of amides is 1. The molecule has 1 heterocycles. The maximum Gasteiger partial charge on any atom is 0.326 e. The number of ether oxygens (including phenoxy) is 1. The lowest BCUT2D eigenvalue weighted by Crippen LogP contribution is -2.49. The number of hydrogen-bond acceptors (Lipinski definition) is 5. The lowest BCUT2D eigenvalue weighted by atomic mass is 10.0. The van der Waals surface area contributed by atoms with Gasteiger partial charge in [0.05, 0.1) is 0 Å². The first-order chi connectivity index (χ1) is 14.5. The molecule has 30 heavy (non-hydrogen) atoms. The fourth-order valence-electron chi connectivity index (χ4n) is 3.72. The lowest BCUT2D eigenvalue weighted by Gasteiger charge is -2.32. The molecule has 1 saturated heterocycles. The van der Waals surface area contributed by atoms with Crippen LogP contribution in [0.25, 0.3) is 10.8 Å². The minimum absolute atomic E-state index is 0.00637. The summed E-state index contributed by atoms with van der Waals surface area (Å²) in [5, 5.41) is 17.5. The quantitative estimate of drug-likeness (QED) is 0.585. The smallest absolute Gasteiger partial charge is 0.326 e. The molecule has 2 atom stereocenters. The summed E-state index contributed by atoms with van der Waals surface area (Å²) in [6, 6.07) is 10.9. The van der Waals surface area contributed by atoms with Crippen molar-refractivity contribution in [1.29, 1.82) is 0 Å². The predicted molar refractivity (Wildman–Crippen MR) is 117 cm³/mol. The first-order valence-electron chi connectivity index (χ1n) is 10.6. The van der Waals surface area contributed by atoms with Gasteiger partial charge in [-0.3, -0.25) is 9.69 Å². The number of carbonyl (C=O) groups is 2. The minimum atomic E-state index is -1.02. The van der Waals surface area contributed by atoms with Crippen molar-refractivity contribution in [2.75, 3.05) is 26.2 Å². The van der Waals surface area contributed by atoms with E-state index in [1.165, 1.54) is 0 Å². The zero-order valence-corrected chi connectivity index (χ0v) is 17.7. The monoisotopic (exact) mass is 413 g/mol. The molecule has 162 valence electrons. The van der Waals surface area contributed by atoms with Gasteiger partial charge in [-0.1, -0.05) is 31.2 Å². The molecule has 7 nitrogen and oxygen atoms in total. The molecule has 2 unspecified atom stereocenters. The normalized spacial score (nSPS) is 16.7. The number of carboxylic acid groups (broad SMARTS) is 1. The summed E-state index contributed by atoms with van der Waals surface area (Å²) in [6.45, 7) is 7.85. The first-order valence-corrected chi connectivity index (χ1v) is 10.6. The Bertz CT molecular complexity index is 880. The Morgan fingerprint density at radius 1 is 1.17 bits per heavy atom. The molecule has 0 spiro atoms. The van der Waals surface area contributed by atoms with Gasteiger partial charge in [0.1, 0.15) is 18.0 Å². The van der Waals surface area contributed by atoms with Crippen LogP contribution in [0.1, 0.15) is 32.3 Å². The molecular formula is C23H31N3O4. The van der Waals surface area contributed by atoms with Crippen LogP contribution in [0.2, 0.25) is 0 Å². The number of benzene rings is 2. The number of carboxylic acids is 1. The largest absolute Gasteiger partial charge is 0.480 e. The molecule has 0 saturated carbocycles. The van der Waals surface area contributed by atoms with Crippen LogP contribution in [0.4, 0.5) is 0 Å². The van der Waals surface area contributed by atoms with Crippen LogP contribution >= 0.6 is 0 Å². The zero-order valence-electron chi connectivity index (χ0n) is 17.7. The molecule has 1 fully saturated rings. The van der Waals surface area contributed by atoms with Gasteiger partial charge in [-0.2, -0.15) is 0 Å². The van der Waals surface area contributed by atoms with Gasteiger partial charge in [0.2, 0.25) is 5.91 Å². The Balaban J connectivity index is 1.68. The van der Waals surface area contributed by atoms with E-state index in [-0.39, 0.29) is 18.6 Å². The van der Waals surface area contributed by atoms with Crippen LogP contribution in [0.5, 0.6) is 5.75 Å². The molecule has 2 aromatic carbocycles. The van der Waals surface area contributed by atoms with Gasteiger partial charge in [0, 0.05) is 39.0 Å². The van der Waals surface area contributed by atoms with E-state index in [0.717, 1.165) is 48.3 Å². The molecule has 0 radical (unpaired) electrons. The van der Waals surface area contributed by atoms with Gasteiger partial charge in [-0.25, -0.2) is 4.79 Å². The Hall–Kier alpha value is -2.64. The van der Waals surface area contributed by atoms with Crippen LogP contribution in [-0.2, 0) is 16.0 Å². The van der Waals surface area contributed by atoms with Crippen LogP contribution in [-0.4, -0.2) is 60.3 Å². The van der Waals surface area contributed by atoms with Crippen molar-refractivity contribution < 1.29 is 19.4 Å².